The lowest BCUT2D eigenvalue weighted by molar-refractivity contribution is -0.870. The molecule has 0 saturated carbocycles. The zero-order valence-electron chi connectivity index (χ0n) is 61.7. The fraction of sp³-hybridized carbons (Fsp3) is 0.759. The van der Waals surface area contributed by atoms with E-state index in [1.54, 1.807) is 0 Å². The predicted molar refractivity (Wildman–Crippen MR) is 404 cm³/mol. The maximum absolute atomic E-state index is 13.7. The number of allylic oxidation sites excluding steroid dienone is 17. The molecule has 0 aliphatic heterocycles. The summed E-state index contributed by atoms with van der Waals surface area (Å²) in [6, 6.07) is -0.897. The second-order valence-electron chi connectivity index (χ2n) is 27.5. The van der Waals surface area contributed by atoms with Crippen LogP contribution in [0.3, 0.4) is 0 Å². The second-order valence-corrected chi connectivity index (χ2v) is 28.9. The van der Waals surface area contributed by atoms with Gasteiger partial charge in [-0.1, -0.05) is 336 Å². The van der Waals surface area contributed by atoms with E-state index in [0.29, 0.717) is 17.4 Å². The summed E-state index contributed by atoms with van der Waals surface area (Å²) in [6.45, 7) is 6.74. The Hall–Kier alpha value is -3.33. The molecule has 10 heteroatoms. The third-order valence-corrected chi connectivity index (χ3v) is 18.2. The lowest BCUT2D eigenvalue weighted by atomic mass is 10.0. The van der Waals surface area contributed by atoms with Gasteiger partial charge in [0.15, 0.2) is 0 Å². The van der Waals surface area contributed by atoms with Crippen molar-refractivity contribution in [1.82, 2.24) is 5.32 Å². The normalized spacial score (nSPS) is 14.0. The van der Waals surface area contributed by atoms with Gasteiger partial charge in [0.1, 0.15) is 19.3 Å². The highest BCUT2D eigenvalue weighted by Gasteiger charge is 2.27. The molecule has 0 radical (unpaired) electrons. The van der Waals surface area contributed by atoms with Crippen LogP contribution < -0.4 is 10.2 Å². The molecule has 0 aromatic heterocycles. The number of quaternary nitrogens is 1. The standard InChI is InChI=1S/C83H149N2O7P/c1-7-10-13-16-19-22-25-28-30-32-34-36-38-40-42-44-46-48-50-52-54-57-60-63-66-69-72-75-82(86)84-80(79-91-93(88,89)90-78-77-85(4,5)6)81(74-71-68-65-62-59-56-27-24-21-18-15-12-9-3)92-83(87)76-73-70-67-64-61-58-55-53-51-49-47-45-43-41-39-37-35-33-31-29-26-23-20-17-14-11-8-2/h11,14,19-20,22-23,28-31,34-37,41,43,71,74,80-81H,7-10,12-13,15-18,21,24-27,32-33,38-40,42,44-70,72-73,75-79H2,1-6H3,(H-,84,86,88,89)/b14-11-,22-19-,23-20-,30-28-,31-29-,36-34-,37-35-,43-41-,74-71+. The van der Waals surface area contributed by atoms with Gasteiger partial charge in [0.25, 0.3) is 7.82 Å². The number of rotatable bonds is 71. The van der Waals surface area contributed by atoms with E-state index in [2.05, 4.69) is 123 Å². The van der Waals surface area contributed by atoms with Gasteiger partial charge >= 0.3 is 5.97 Å². The summed E-state index contributed by atoms with van der Waals surface area (Å²) >= 11 is 0. The van der Waals surface area contributed by atoms with Gasteiger partial charge in [-0.3, -0.25) is 14.2 Å². The van der Waals surface area contributed by atoms with Crippen LogP contribution in [-0.2, 0) is 27.9 Å². The molecule has 0 aromatic rings. The number of likely N-dealkylation sites (N-methyl/N-ethyl adjacent to an activating group) is 1. The molecule has 0 heterocycles. The molecule has 0 rings (SSSR count). The van der Waals surface area contributed by atoms with E-state index in [4.69, 9.17) is 13.8 Å². The number of phosphoric ester groups is 1. The molecule has 0 bridgehead atoms. The number of ether oxygens (including phenoxy) is 1. The third kappa shape index (κ3) is 72.8. The number of esters is 1. The summed E-state index contributed by atoms with van der Waals surface area (Å²) in [5, 5.41) is 3.05. The van der Waals surface area contributed by atoms with Crippen molar-refractivity contribution in [2.45, 2.75) is 367 Å². The lowest BCUT2D eigenvalue weighted by Gasteiger charge is -2.30. The van der Waals surface area contributed by atoms with Crippen molar-refractivity contribution >= 4 is 19.7 Å². The van der Waals surface area contributed by atoms with Crippen molar-refractivity contribution in [2.75, 3.05) is 40.9 Å². The van der Waals surface area contributed by atoms with Crippen LogP contribution in [0, 0.1) is 0 Å². The second kappa shape index (κ2) is 71.4. The zero-order chi connectivity index (χ0) is 67.8. The van der Waals surface area contributed by atoms with Crippen molar-refractivity contribution in [3.63, 3.8) is 0 Å². The molecule has 3 unspecified atom stereocenters. The summed E-state index contributed by atoms with van der Waals surface area (Å²) in [7, 11) is 1.18. The number of nitrogens with zero attached hydrogens (tertiary/aromatic N) is 1. The van der Waals surface area contributed by atoms with Crippen molar-refractivity contribution in [2.24, 2.45) is 0 Å². The van der Waals surface area contributed by atoms with E-state index in [1.807, 2.05) is 33.3 Å². The monoisotopic (exact) mass is 1320 g/mol. The topological polar surface area (TPSA) is 114 Å². The van der Waals surface area contributed by atoms with E-state index in [1.165, 1.54) is 212 Å². The van der Waals surface area contributed by atoms with Gasteiger partial charge in [-0.05, 0) is 115 Å². The van der Waals surface area contributed by atoms with E-state index in [9.17, 15) is 19.0 Å². The Morgan fingerprint density at radius 3 is 1.05 bits per heavy atom. The third-order valence-electron chi connectivity index (χ3n) is 17.2. The van der Waals surface area contributed by atoms with Crippen LogP contribution in [0.5, 0.6) is 0 Å². The van der Waals surface area contributed by atoms with Gasteiger partial charge < -0.3 is 28.5 Å². The molecule has 3 atom stereocenters. The summed E-state index contributed by atoms with van der Waals surface area (Å²) in [5.74, 6) is -0.537. The first-order chi connectivity index (χ1) is 45.4. The first kappa shape index (κ1) is 89.7. The fourth-order valence-electron chi connectivity index (χ4n) is 11.2. The number of hydrogen-bond acceptors (Lipinski definition) is 7. The molecular weight excluding hydrogens is 1170 g/mol. The smallest absolute Gasteiger partial charge is 0.306 e. The number of amides is 1. The summed E-state index contributed by atoms with van der Waals surface area (Å²) in [5.41, 5.74) is 0. The quantitative estimate of drug-likeness (QED) is 0.0212. The Morgan fingerprint density at radius 2 is 0.688 bits per heavy atom. The van der Waals surface area contributed by atoms with Crippen LogP contribution in [-0.4, -0.2) is 69.4 Å². The molecule has 9 nitrogen and oxygen atoms in total. The fourth-order valence-corrected chi connectivity index (χ4v) is 11.9. The Labute approximate surface area is 576 Å². The number of nitrogens with one attached hydrogen (secondary N) is 1. The summed E-state index contributed by atoms with van der Waals surface area (Å²) in [6.07, 6.45) is 99.3. The van der Waals surface area contributed by atoms with Gasteiger partial charge in [0, 0.05) is 12.8 Å². The van der Waals surface area contributed by atoms with Crippen LogP contribution in [0.2, 0.25) is 0 Å². The molecule has 538 valence electrons. The van der Waals surface area contributed by atoms with Gasteiger partial charge in [-0.2, -0.15) is 0 Å². The first-order valence-corrected chi connectivity index (χ1v) is 40.7. The SMILES string of the molecule is CC/C=C\C/C=C\C/C=C\C/C=C\C/C=C\CCCCCCCCCCCCCC(=O)OC(/C=C/CCCCCCCCCCCCC)C(COP(=O)([O-])OCC[N+](C)(C)C)NC(=O)CCCCCCCCCCCCCCCC/C=C\C/C=C\C/C=C\CCCCC. The Balaban J connectivity index is 4.99. The minimum atomic E-state index is -4.72. The molecule has 0 aromatic carbocycles. The van der Waals surface area contributed by atoms with Crippen molar-refractivity contribution in [3.8, 4) is 0 Å². The van der Waals surface area contributed by atoms with Crippen LogP contribution in [0.1, 0.15) is 355 Å². The molecular formula is C83H149N2O7P. The number of phosphoric acid groups is 1. The van der Waals surface area contributed by atoms with E-state index >= 15 is 0 Å². The maximum atomic E-state index is 13.7. The average molecular weight is 1320 g/mol. The average Bonchev–Trinajstić information content (AvgIpc) is 2.15. The van der Waals surface area contributed by atoms with Crippen molar-refractivity contribution in [3.05, 3.63) is 109 Å². The van der Waals surface area contributed by atoms with Crippen LogP contribution in [0.15, 0.2) is 109 Å². The minimum absolute atomic E-state index is 0.0259. The van der Waals surface area contributed by atoms with E-state index in [0.717, 1.165) is 109 Å². The Bertz CT molecular complexity index is 1960. The maximum Gasteiger partial charge on any atom is 0.306 e. The predicted octanol–water partition coefficient (Wildman–Crippen LogP) is 24.9. The van der Waals surface area contributed by atoms with Crippen LogP contribution >= 0.6 is 7.82 Å². The molecule has 0 spiro atoms. The van der Waals surface area contributed by atoms with Gasteiger partial charge in [-0.15, -0.1) is 0 Å². The van der Waals surface area contributed by atoms with E-state index < -0.39 is 26.6 Å². The molecule has 0 saturated heterocycles. The molecule has 1 amide bonds. The molecule has 93 heavy (non-hydrogen) atoms. The summed E-state index contributed by atoms with van der Waals surface area (Å²) in [4.78, 5) is 40.4. The highest BCUT2D eigenvalue weighted by molar-refractivity contribution is 7.45. The van der Waals surface area contributed by atoms with Gasteiger partial charge in [0.2, 0.25) is 5.91 Å². The number of hydrogen-bond donors (Lipinski definition) is 1. The first-order valence-electron chi connectivity index (χ1n) is 39.2. The number of unbranched alkanes of at least 4 members (excludes halogenated alkanes) is 39. The van der Waals surface area contributed by atoms with Crippen molar-refractivity contribution in [1.29, 1.82) is 0 Å². The number of carbonyl (C=O) groups excluding carboxylic acids is 2. The summed E-state index contributed by atoms with van der Waals surface area (Å²) < 4.78 is 30.6. The molecule has 0 aliphatic rings. The minimum Gasteiger partial charge on any atom is -0.756 e. The Morgan fingerprint density at radius 1 is 0.387 bits per heavy atom. The largest absolute Gasteiger partial charge is 0.756 e. The molecule has 0 fully saturated rings. The van der Waals surface area contributed by atoms with E-state index in [-0.39, 0.29) is 24.9 Å². The van der Waals surface area contributed by atoms with Gasteiger partial charge in [-0.25, -0.2) is 0 Å². The Kier molecular flexibility index (Phi) is 68.9. The zero-order valence-corrected chi connectivity index (χ0v) is 62.6. The highest BCUT2D eigenvalue weighted by atomic mass is 31.2. The van der Waals surface area contributed by atoms with Gasteiger partial charge in [0.05, 0.1) is 33.8 Å². The van der Waals surface area contributed by atoms with Crippen LogP contribution in [0.25, 0.3) is 0 Å². The lowest BCUT2D eigenvalue weighted by Crippen LogP contribution is -2.47. The number of carbonyl (C=O) groups is 2. The molecule has 1 N–H and O–H groups in total. The highest BCUT2D eigenvalue weighted by Crippen LogP contribution is 2.38. The van der Waals surface area contributed by atoms with Crippen molar-refractivity contribution < 1.29 is 37.3 Å². The van der Waals surface area contributed by atoms with Crippen LogP contribution in [0.4, 0.5) is 0 Å². The molecule has 0 aliphatic carbocycles.